The summed E-state index contributed by atoms with van der Waals surface area (Å²) >= 11 is 0. The van der Waals surface area contributed by atoms with Gasteiger partial charge in [0.2, 0.25) is 0 Å². The van der Waals surface area contributed by atoms with Gasteiger partial charge in [0.05, 0.1) is 5.39 Å². The Hall–Kier alpha value is -2.12. The van der Waals surface area contributed by atoms with E-state index in [1.807, 2.05) is 0 Å². The fourth-order valence-corrected chi connectivity index (χ4v) is 1.81. The molecule has 0 atom stereocenters. The Bertz CT molecular complexity index is 759. The second-order valence-electron chi connectivity index (χ2n) is 3.96. The van der Waals surface area contributed by atoms with E-state index in [-0.39, 0.29) is 17.6 Å². The molecule has 0 aromatic carbocycles. The van der Waals surface area contributed by atoms with Crippen LogP contribution in [0.25, 0.3) is 11.0 Å². The third kappa shape index (κ3) is 2.02. The van der Waals surface area contributed by atoms with Gasteiger partial charge in [-0.15, -0.1) is 0 Å². The van der Waals surface area contributed by atoms with Gasteiger partial charge in [-0.25, -0.2) is 9.78 Å². The number of alkyl halides is 3. The number of pyridine rings is 1. The number of hydrogen-bond donors (Lipinski definition) is 0. The molecular formula is C11H10F3N3O2. The summed E-state index contributed by atoms with van der Waals surface area (Å²) in [5, 5.41) is -0.0167. The van der Waals surface area contributed by atoms with E-state index in [4.69, 9.17) is 0 Å². The molecule has 2 aromatic heterocycles. The minimum Gasteiger partial charge on any atom is -0.280 e. The number of halogens is 3. The van der Waals surface area contributed by atoms with Gasteiger partial charge in [0.25, 0.3) is 5.56 Å². The molecule has 2 heterocycles. The fraction of sp³-hybridized carbons (Fsp3) is 0.364. The van der Waals surface area contributed by atoms with Gasteiger partial charge < -0.3 is 0 Å². The zero-order chi connectivity index (χ0) is 14.4. The minimum atomic E-state index is -4.62. The standard InChI is InChI=1S/C11H10F3N3O2/c1-3-17-9(18)6-4-5-7(11(12,13)14)15-8(6)16(2)10(17)19/h4-5H,3H2,1-2H3. The number of nitrogens with zero attached hydrogens (tertiary/aromatic N) is 3. The van der Waals surface area contributed by atoms with Crippen molar-refractivity contribution in [2.45, 2.75) is 19.6 Å². The molecule has 0 fully saturated rings. The summed E-state index contributed by atoms with van der Waals surface area (Å²) in [4.78, 5) is 27.1. The van der Waals surface area contributed by atoms with Crippen molar-refractivity contribution in [2.75, 3.05) is 0 Å². The monoisotopic (exact) mass is 273 g/mol. The smallest absolute Gasteiger partial charge is 0.280 e. The average molecular weight is 273 g/mol. The van der Waals surface area contributed by atoms with Crippen molar-refractivity contribution in [1.82, 2.24) is 14.1 Å². The number of aryl methyl sites for hydroxylation is 1. The lowest BCUT2D eigenvalue weighted by Gasteiger charge is -2.10. The van der Waals surface area contributed by atoms with Gasteiger partial charge in [-0.2, -0.15) is 13.2 Å². The molecule has 0 saturated carbocycles. The van der Waals surface area contributed by atoms with Gasteiger partial charge in [0.15, 0.2) is 0 Å². The lowest BCUT2D eigenvalue weighted by atomic mass is 10.2. The Morgan fingerprint density at radius 3 is 2.42 bits per heavy atom. The molecule has 8 heteroatoms. The second kappa shape index (κ2) is 4.22. The van der Waals surface area contributed by atoms with E-state index in [1.165, 1.54) is 7.05 Å². The maximum Gasteiger partial charge on any atom is 0.433 e. The van der Waals surface area contributed by atoms with E-state index >= 15 is 0 Å². The van der Waals surface area contributed by atoms with Crippen molar-refractivity contribution in [3.63, 3.8) is 0 Å². The normalized spacial score (nSPS) is 12.1. The first kappa shape index (κ1) is 13.3. The van der Waals surface area contributed by atoms with Crippen LogP contribution < -0.4 is 11.2 Å². The molecule has 0 aliphatic rings. The number of hydrogen-bond acceptors (Lipinski definition) is 3. The predicted octanol–water partition coefficient (Wildman–Crippen LogP) is 1.13. The zero-order valence-electron chi connectivity index (χ0n) is 10.2. The third-order valence-corrected chi connectivity index (χ3v) is 2.79. The highest BCUT2D eigenvalue weighted by molar-refractivity contribution is 5.74. The van der Waals surface area contributed by atoms with Crippen LogP contribution in [-0.4, -0.2) is 14.1 Å². The van der Waals surface area contributed by atoms with Crippen LogP contribution in [0.4, 0.5) is 13.2 Å². The molecule has 0 aliphatic carbocycles. The molecule has 0 bridgehead atoms. The Labute approximate surface area is 104 Å². The van der Waals surface area contributed by atoms with Gasteiger partial charge in [0, 0.05) is 13.6 Å². The van der Waals surface area contributed by atoms with Gasteiger partial charge in [-0.1, -0.05) is 0 Å². The molecule has 0 aliphatic heterocycles. The number of rotatable bonds is 1. The van der Waals surface area contributed by atoms with E-state index in [0.717, 1.165) is 21.3 Å². The third-order valence-electron chi connectivity index (χ3n) is 2.79. The molecule has 0 spiro atoms. The summed E-state index contributed by atoms with van der Waals surface area (Å²) in [6.45, 7) is 1.74. The second-order valence-corrected chi connectivity index (χ2v) is 3.96. The average Bonchev–Trinajstić information content (AvgIpc) is 2.35. The lowest BCUT2D eigenvalue weighted by molar-refractivity contribution is -0.141. The molecule has 0 saturated heterocycles. The van der Waals surface area contributed by atoms with Crippen molar-refractivity contribution < 1.29 is 13.2 Å². The first-order valence-corrected chi connectivity index (χ1v) is 5.45. The minimum absolute atomic E-state index is 0.0167. The van der Waals surface area contributed by atoms with E-state index < -0.39 is 23.1 Å². The number of aromatic nitrogens is 3. The Morgan fingerprint density at radius 1 is 1.26 bits per heavy atom. The molecule has 0 N–H and O–H groups in total. The van der Waals surface area contributed by atoms with Crippen LogP contribution in [0.5, 0.6) is 0 Å². The highest BCUT2D eigenvalue weighted by Crippen LogP contribution is 2.28. The summed E-state index contributed by atoms with van der Waals surface area (Å²) in [6, 6.07) is 1.77. The van der Waals surface area contributed by atoms with Gasteiger partial charge in [0.1, 0.15) is 11.3 Å². The lowest BCUT2D eigenvalue weighted by Crippen LogP contribution is -2.39. The van der Waals surface area contributed by atoms with Gasteiger partial charge in [-0.3, -0.25) is 13.9 Å². The van der Waals surface area contributed by atoms with Crippen LogP contribution in [0, 0.1) is 0 Å². The summed E-state index contributed by atoms with van der Waals surface area (Å²) < 4.78 is 39.6. The van der Waals surface area contributed by atoms with Crippen LogP contribution in [0.1, 0.15) is 12.6 Å². The first-order valence-electron chi connectivity index (χ1n) is 5.45. The highest BCUT2D eigenvalue weighted by atomic mass is 19.4. The molecule has 2 rings (SSSR count). The van der Waals surface area contributed by atoms with Crippen LogP contribution in [0.15, 0.2) is 21.7 Å². The first-order chi connectivity index (χ1) is 8.77. The predicted molar refractivity (Wildman–Crippen MR) is 61.9 cm³/mol. The fourth-order valence-electron chi connectivity index (χ4n) is 1.81. The molecule has 0 unspecified atom stereocenters. The molecular weight excluding hydrogens is 263 g/mol. The van der Waals surface area contributed by atoms with Gasteiger partial charge in [-0.05, 0) is 19.1 Å². The molecule has 19 heavy (non-hydrogen) atoms. The quantitative estimate of drug-likeness (QED) is 0.782. The summed E-state index contributed by atoms with van der Waals surface area (Å²) in [6.07, 6.45) is -4.62. The summed E-state index contributed by atoms with van der Waals surface area (Å²) in [5.74, 6) is 0. The summed E-state index contributed by atoms with van der Waals surface area (Å²) in [5.41, 5.74) is -2.73. The van der Waals surface area contributed by atoms with Crippen LogP contribution in [0.2, 0.25) is 0 Å². The van der Waals surface area contributed by atoms with Crippen LogP contribution in [0.3, 0.4) is 0 Å². The van der Waals surface area contributed by atoms with E-state index in [0.29, 0.717) is 0 Å². The van der Waals surface area contributed by atoms with Crippen LogP contribution in [-0.2, 0) is 19.8 Å². The Kier molecular flexibility index (Phi) is 2.95. The SMILES string of the molecule is CCn1c(=O)c2ccc(C(F)(F)F)nc2n(C)c1=O. The van der Waals surface area contributed by atoms with E-state index in [9.17, 15) is 22.8 Å². The largest absolute Gasteiger partial charge is 0.433 e. The molecule has 2 aromatic rings. The van der Waals surface area contributed by atoms with Crippen molar-refractivity contribution in [3.05, 3.63) is 38.7 Å². The van der Waals surface area contributed by atoms with Gasteiger partial charge >= 0.3 is 11.9 Å². The van der Waals surface area contributed by atoms with E-state index in [1.54, 1.807) is 6.92 Å². The highest BCUT2D eigenvalue weighted by Gasteiger charge is 2.33. The molecule has 5 nitrogen and oxygen atoms in total. The van der Waals surface area contributed by atoms with Crippen LogP contribution >= 0.6 is 0 Å². The molecule has 102 valence electrons. The van der Waals surface area contributed by atoms with Crippen molar-refractivity contribution >= 4 is 11.0 Å². The Morgan fingerprint density at radius 2 is 1.89 bits per heavy atom. The van der Waals surface area contributed by atoms with Crippen molar-refractivity contribution in [3.8, 4) is 0 Å². The maximum absolute atomic E-state index is 12.6. The van der Waals surface area contributed by atoms with Crippen molar-refractivity contribution in [1.29, 1.82) is 0 Å². The summed E-state index contributed by atoms with van der Waals surface area (Å²) in [7, 11) is 1.28. The molecule has 0 amide bonds. The Balaban J connectivity index is 2.94. The van der Waals surface area contributed by atoms with Crippen molar-refractivity contribution in [2.24, 2.45) is 7.05 Å². The molecule has 0 radical (unpaired) electrons. The zero-order valence-corrected chi connectivity index (χ0v) is 10.2. The topological polar surface area (TPSA) is 56.9 Å². The number of fused-ring (bicyclic) bond motifs is 1. The van der Waals surface area contributed by atoms with E-state index in [2.05, 4.69) is 4.98 Å². The maximum atomic E-state index is 12.6.